The summed E-state index contributed by atoms with van der Waals surface area (Å²) in [7, 11) is 0. The maximum absolute atomic E-state index is 2.31. The number of rotatable bonds is 0. The van der Waals surface area contributed by atoms with Gasteiger partial charge in [-0.05, 0) is 43.4 Å². The van der Waals surface area contributed by atoms with Crippen LogP contribution < -0.4 is 0 Å². The zero-order valence-electron chi connectivity index (χ0n) is 6.57. The fraction of sp³-hybridized carbons (Fsp3) is 0.400. The molecule has 0 amide bonds. The van der Waals surface area contributed by atoms with Gasteiger partial charge in [-0.15, -0.1) is 0 Å². The van der Waals surface area contributed by atoms with Crippen molar-refractivity contribution < 1.29 is 0 Å². The van der Waals surface area contributed by atoms with Crippen LogP contribution in [0.2, 0.25) is 0 Å². The number of aryl methyl sites for hydroxylation is 3. The molecule has 52 valence electrons. The summed E-state index contributed by atoms with van der Waals surface area (Å²) >= 11 is 0. The van der Waals surface area contributed by atoms with Gasteiger partial charge in [0, 0.05) is 0 Å². The Balaban J connectivity index is 2.63. The second-order valence-corrected chi connectivity index (χ2v) is 3.22. The van der Waals surface area contributed by atoms with Gasteiger partial charge < -0.3 is 0 Å². The zero-order valence-corrected chi connectivity index (χ0v) is 6.57. The van der Waals surface area contributed by atoms with Crippen LogP contribution in [0.3, 0.4) is 0 Å². The standard InChI is InChI=1S/C10H12/c1-7-5-8(2)10-4-3-9(10)6-7/h5-6H,3-4H2,1-2H3. The molecule has 1 aliphatic rings. The Bertz CT molecular complexity index is 254. The molecule has 0 spiro atoms. The first-order valence-electron chi connectivity index (χ1n) is 3.86. The lowest BCUT2D eigenvalue weighted by atomic mass is 9.84. The molecule has 0 saturated carbocycles. The molecule has 1 aromatic rings. The third kappa shape index (κ3) is 0.683. The van der Waals surface area contributed by atoms with Crippen molar-refractivity contribution in [2.45, 2.75) is 26.7 Å². The summed E-state index contributed by atoms with van der Waals surface area (Å²) in [5.74, 6) is 0. The largest absolute Gasteiger partial charge is 0.0561 e. The molecule has 2 rings (SSSR count). The lowest BCUT2D eigenvalue weighted by Gasteiger charge is -2.21. The van der Waals surface area contributed by atoms with Crippen LogP contribution in [-0.4, -0.2) is 0 Å². The minimum absolute atomic E-state index is 1.30. The van der Waals surface area contributed by atoms with Crippen molar-refractivity contribution in [3.63, 3.8) is 0 Å². The normalized spacial score (nSPS) is 14.2. The third-order valence-corrected chi connectivity index (χ3v) is 2.35. The van der Waals surface area contributed by atoms with E-state index in [0.717, 1.165) is 0 Å². The first-order chi connectivity index (χ1) is 4.77. The molecule has 1 aromatic carbocycles. The third-order valence-electron chi connectivity index (χ3n) is 2.35. The minimum Gasteiger partial charge on any atom is -0.0561 e. The number of hydrogen-bond donors (Lipinski definition) is 0. The molecule has 0 nitrogen and oxygen atoms in total. The number of hydrogen-bond acceptors (Lipinski definition) is 0. The Morgan fingerprint density at radius 2 is 1.90 bits per heavy atom. The van der Waals surface area contributed by atoms with Gasteiger partial charge in [-0.25, -0.2) is 0 Å². The molecule has 0 heterocycles. The van der Waals surface area contributed by atoms with E-state index in [1.54, 1.807) is 11.1 Å². The molecule has 10 heavy (non-hydrogen) atoms. The SMILES string of the molecule is Cc1cc(C)c2c(c1)CC2. The van der Waals surface area contributed by atoms with E-state index in [1.165, 1.54) is 24.0 Å². The summed E-state index contributed by atoms with van der Waals surface area (Å²) < 4.78 is 0. The van der Waals surface area contributed by atoms with Crippen molar-refractivity contribution in [1.29, 1.82) is 0 Å². The highest BCUT2D eigenvalue weighted by atomic mass is 14.2. The Hall–Kier alpha value is -0.780. The van der Waals surface area contributed by atoms with Gasteiger partial charge >= 0.3 is 0 Å². The summed E-state index contributed by atoms with van der Waals surface area (Å²) in [5.41, 5.74) is 6.08. The minimum atomic E-state index is 1.30. The highest BCUT2D eigenvalue weighted by molar-refractivity contribution is 5.43. The predicted molar refractivity (Wildman–Crippen MR) is 43.3 cm³/mol. The van der Waals surface area contributed by atoms with Gasteiger partial charge in [0.25, 0.3) is 0 Å². The maximum atomic E-state index is 2.31. The molecule has 1 aliphatic carbocycles. The molecule has 0 atom stereocenters. The van der Waals surface area contributed by atoms with Crippen LogP contribution in [0.25, 0.3) is 0 Å². The average Bonchev–Trinajstić information content (AvgIpc) is 1.77. The molecule has 0 unspecified atom stereocenters. The maximum Gasteiger partial charge on any atom is -0.0233 e. The van der Waals surface area contributed by atoms with E-state index < -0.39 is 0 Å². The van der Waals surface area contributed by atoms with Crippen molar-refractivity contribution in [2.75, 3.05) is 0 Å². The number of fused-ring (bicyclic) bond motifs is 1. The molecule has 0 N–H and O–H groups in total. The Labute approximate surface area is 61.9 Å². The van der Waals surface area contributed by atoms with Crippen LogP contribution >= 0.6 is 0 Å². The Morgan fingerprint density at radius 1 is 1.10 bits per heavy atom. The van der Waals surface area contributed by atoms with Crippen LogP contribution in [0.1, 0.15) is 22.3 Å². The van der Waals surface area contributed by atoms with E-state index in [1.807, 2.05) is 0 Å². The molecule has 0 heteroatoms. The predicted octanol–water partition coefficient (Wildman–Crippen LogP) is 2.40. The highest BCUT2D eigenvalue weighted by Gasteiger charge is 2.14. The van der Waals surface area contributed by atoms with Crippen molar-refractivity contribution in [3.05, 3.63) is 34.4 Å². The summed E-state index contributed by atoms with van der Waals surface area (Å²) in [5, 5.41) is 0. The molecule has 0 saturated heterocycles. The lowest BCUT2D eigenvalue weighted by Crippen LogP contribution is -2.10. The van der Waals surface area contributed by atoms with Gasteiger partial charge in [-0.3, -0.25) is 0 Å². The first kappa shape index (κ1) is 5.96. The second-order valence-electron chi connectivity index (χ2n) is 3.22. The summed E-state index contributed by atoms with van der Waals surface area (Å²) in [6, 6.07) is 4.59. The van der Waals surface area contributed by atoms with E-state index in [9.17, 15) is 0 Å². The van der Waals surface area contributed by atoms with E-state index in [0.29, 0.717) is 0 Å². The molecular formula is C10H12. The summed E-state index contributed by atoms with van der Waals surface area (Å²) in [6.45, 7) is 4.39. The van der Waals surface area contributed by atoms with E-state index >= 15 is 0 Å². The molecule has 0 bridgehead atoms. The summed E-state index contributed by atoms with van der Waals surface area (Å²) in [6.07, 6.45) is 2.61. The topological polar surface area (TPSA) is 0 Å². The lowest BCUT2D eigenvalue weighted by molar-refractivity contribution is 0.824. The fourth-order valence-corrected chi connectivity index (χ4v) is 1.75. The fourth-order valence-electron chi connectivity index (χ4n) is 1.75. The second kappa shape index (κ2) is 1.85. The molecule has 0 aliphatic heterocycles. The van der Waals surface area contributed by atoms with E-state index in [-0.39, 0.29) is 0 Å². The molecule has 0 radical (unpaired) electrons. The number of benzene rings is 1. The average molecular weight is 132 g/mol. The van der Waals surface area contributed by atoms with Gasteiger partial charge in [-0.1, -0.05) is 17.7 Å². The zero-order chi connectivity index (χ0) is 7.14. The van der Waals surface area contributed by atoms with Crippen LogP contribution in [0, 0.1) is 13.8 Å². The Morgan fingerprint density at radius 3 is 2.40 bits per heavy atom. The van der Waals surface area contributed by atoms with Gasteiger partial charge in [0.2, 0.25) is 0 Å². The molecular weight excluding hydrogens is 120 g/mol. The van der Waals surface area contributed by atoms with E-state index in [4.69, 9.17) is 0 Å². The van der Waals surface area contributed by atoms with Crippen LogP contribution in [0.4, 0.5) is 0 Å². The summed E-state index contributed by atoms with van der Waals surface area (Å²) in [4.78, 5) is 0. The van der Waals surface area contributed by atoms with Gasteiger partial charge in [0.1, 0.15) is 0 Å². The van der Waals surface area contributed by atoms with Gasteiger partial charge in [-0.2, -0.15) is 0 Å². The van der Waals surface area contributed by atoms with Crippen molar-refractivity contribution in [3.8, 4) is 0 Å². The molecule has 0 aromatic heterocycles. The van der Waals surface area contributed by atoms with Crippen molar-refractivity contribution >= 4 is 0 Å². The van der Waals surface area contributed by atoms with E-state index in [2.05, 4.69) is 26.0 Å². The quantitative estimate of drug-likeness (QED) is 0.508. The van der Waals surface area contributed by atoms with Gasteiger partial charge in [0.15, 0.2) is 0 Å². The monoisotopic (exact) mass is 132 g/mol. The van der Waals surface area contributed by atoms with Gasteiger partial charge in [0.05, 0.1) is 0 Å². The first-order valence-corrected chi connectivity index (χ1v) is 3.86. The molecule has 0 fully saturated rings. The van der Waals surface area contributed by atoms with Crippen molar-refractivity contribution in [2.24, 2.45) is 0 Å². The highest BCUT2D eigenvalue weighted by Crippen LogP contribution is 2.26. The smallest absolute Gasteiger partial charge is 0.0233 e. The van der Waals surface area contributed by atoms with Crippen LogP contribution in [0.5, 0.6) is 0 Å². The van der Waals surface area contributed by atoms with Crippen molar-refractivity contribution in [1.82, 2.24) is 0 Å². The van der Waals surface area contributed by atoms with Crippen LogP contribution in [0.15, 0.2) is 12.1 Å². The Kier molecular flexibility index (Phi) is 1.10. The van der Waals surface area contributed by atoms with Crippen LogP contribution in [-0.2, 0) is 12.8 Å².